The van der Waals surface area contributed by atoms with Crippen LogP contribution in [0.5, 0.6) is 0 Å². The molecule has 0 aromatic carbocycles. The summed E-state index contributed by atoms with van der Waals surface area (Å²) >= 11 is 0. The Labute approximate surface area is 78.9 Å². The first-order chi connectivity index (χ1) is 6.18. The SMILES string of the molecule is C/C(N)=C\C(=O)OC1CCCCC1. The standard InChI is InChI=1S/C10H17NO2/c1-8(11)7-10(12)13-9-5-3-2-4-6-9/h7,9H,2-6,11H2,1H3/b8-7+. The zero-order valence-corrected chi connectivity index (χ0v) is 8.08. The van der Waals surface area contributed by atoms with Gasteiger partial charge in [0.1, 0.15) is 6.10 Å². The number of allylic oxidation sites excluding steroid dienone is 1. The van der Waals surface area contributed by atoms with Crippen LogP contribution in [0.3, 0.4) is 0 Å². The van der Waals surface area contributed by atoms with Gasteiger partial charge in [-0.25, -0.2) is 4.79 Å². The lowest BCUT2D eigenvalue weighted by Crippen LogP contribution is -2.20. The van der Waals surface area contributed by atoms with Crippen LogP contribution in [0.15, 0.2) is 11.8 Å². The molecule has 0 bridgehead atoms. The molecule has 0 aromatic heterocycles. The van der Waals surface area contributed by atoms with Gasteiger partial charge in [0.25, 0.3) is 0 Å². The highest BCUT2D eigenvalue weighted by molar-refractivity contribution is 5.82. The van der Waals surface area contributed by atoms with Gasteiger partial charge in [-0.2, -0.15) is 0 Å². The summed E-state index contributed by atoms with van der Waals surface area (Å²) in [7, 11) is 0. The van der Waals surface area contributed by atoms with Gasteiger partial charge in [0.05, 0.1) is 0 Å². The Hall–Kier alpha value is -0.990. The molecule has 0 aromatic rings. The van der Waals surface area contributed by atoms with E-state index in [2.05, 4.69) is 0 Å². The van der Waals surface area contributed by atoms with Crippen LogP contribution in [0.1, 0.15) is 39.0 Å². The fraction of sp³-hybridized carbons (Fsp3) is 0.700. The van der Waals surface area contributed by atoms with Crippen molar-refractivity contribution >= 4 is 5.97 Å². The van der Waals surface area contributed by atoms with E-state index in [1.165, 1.54) is 25.3 Å². The minimum atomic E-state index is -0.299. The van der Waals surface area contributed by atoms with E-state index in [0.717, 1.165) is 12.8 Å². The first-order valence-electron chi connectivity index (χ1n) is 4.83. The van der Waals surface area contributed by atoms with Crippen LogP contribution in [-0.2, 0) is 9.53 Å². The van der Waals surface area contributed by atoms with Crippen molar-refractivity contribution < 1.29 is 9.53 Å². The number of esters is 1. The monoisotopic (exact) mass is 183 g/mol. The minimum absolute atomic E-state index is 0.122. The lowest BCUT2D eigenvalue weighted by Gasteiger charge is -2.20. The molecule has 0 aliphatic heterocycles. The van der Waals surface area contributed by atoms with Crippen molar-refractivity contribution in [2.75, 3.05) is 0 Å². The van der Waals surface area contributed by atoms with Crippen molar-refractivity contribution in [1.29, 1.82) is 0 Å². The molecule has 1 aliphatic rings. The van der Waals surface area contributed by atoms with Crippen LogP contribution in [0.25, 0.3) is 0 Å². The maximum atomic E-state index is 11.1. The van der Waals surface area contributed by atoms with Crippen molar-refractivity contribution in [3.63, 3.8) is 0 Å². The second-order valence-corrected chi connectivity index (χ2v) is 3.59. The maximum absolute atomic E-state index is 11.1. The van der Waals surface area contributed by atoms with Crippen molar-refractivity contribution in [2.45, 2.75) is 45.1 Å². The molecule has 0 unspecified atom stereocenters. The van der Waals surface area contributed by atoms with E-state index >= 15 is 0 Å². The summed E-state index contributed by atoms with van der Waals surface area (Å²) in [5, 5.41) is 0. The van der Waals surface area contributed by atoms with E-state index in [0.29, 0.717) is 5.70 Å². The van der Waals surface area contributed by atoms with E-state index in [1.807, 2.05) is 0 Å². The van der Waals surface area contributed by atoms with Crippen molar-refractivity contribution in [1.82, 2.24) is 0 Å². The number of hydrogen-bond acceptors (Lipinski definition) is 3. The molecule has 3 nitrogen and oxygen atoms in total. The summed E-state index contributed by atoms with van der Waals surface area (Å²) in [6.07, 6.45) is 7.07. The molecule has 0 radical (unpaired) electrons. The third-order valence-electron chi connectivity index (χ3n) is 2.18. The molecular formula is C10H17NO2. The molecule has 1 fully saturated rings. The summed E-state index contributed by atoms with van der Waals surface area (Å²) in [4.78, 5) is 11.1. The van der Waals surface area contributed by atoms with E-state index in [4.69, 9.17) is 10.5 Å². The molecule has 0 atom stereocenters. The van der Waals surface area contributed by atoms with Crippen molar-refractivity contribution in [2.24, 2.45) is 5.73 Å². The number of hydrogen-bond donors (Lipinski definition) is 1. The molecule has 74 valence electrons. The van der Waals surface area contributed by atoms with Crippen molar-refractivity contribution in [3.8, 4) is 0 Å². The van der Waals surface area contributed by atoms with Gasteiger partial charge in [0.2, 0.25) is 0 Å². The highest BCUT2D eigenvalue weighted by Crippen LogP contribution is 2.20. The predicted molar refractivity (Wildman–Crippen MR) is 50.9 cm³/mol. The van der Waals surface area contributed by atoms with Crippen LogP contribution in [0.2, 0.25) is 0 Å². The van der Waals surface area contributed by atoms with Gasteiger partial charge in [-0.15, -0.1) is 0 Å². The molecule has 2 N–H and O–H groups in total. The predicted octanol–water partition coefficient (Wildman–Crippen LogP) is 1.72. The van der Waals surface area contributed by atoms with Crippen LogP contribution in [-0.4, -0.2) is 12.1 Å². The molecule has 0 amide bonds. The molecule has 0 spiro atoms. The van der Waals surface area contributed by atoms with Crippen molar-refractivity contribution in [3.05, 3.63) is 11.8 Å². The van der Waals surface area contributed by atoms with E-state index in [-0.39, 0.29) is 12.1 Å². The van der Waals surface area contributed by atoms with Gasteiger partial charge in [-0.3, -0.25) is 0 Å². The number of rotatable bonds is 2. The minimum Gasteiger partial charge on any atom is -0.459 e. The highest BCUT2D eigenvalue weighted by atomic mass is 16.5. The Morgan fingerprint density at radius 1 is 1.38 bits per heavy atom. The van der Waals surface area contributed by atoms with Gasteiger partial charge in [0, 0.05) is 11.8 Å². The quantitative estimate of drug-likeness (QED) is 0.524. The van der Waals surface area contributed by atoms with Gasteiger partial charge in [-0.05, 0) is 32.6 Å². The van der Waals surface area contributed by atoms with Gasteiger partial charge < -0.3 is 10.5 Å². The van der Waals surface area contributed by atoms with Crippen LogP contribution in [0, 0.1) is 0 Å². The fourth-order valence-electron chi connectivity index (χ4n) is 1.57. The number of carbonyl (C=O) groups excluding carboxylic acids is 1. The van der Waals surface area contributed by atoms with E-state index in [1.54, 1.807) is 6.92 Å². The largest absolute Gasteiger partial charge is 0.459 e. The Balaban J connectivity index is 2.30. The first-order valence-corrected chi connectivity index (χ1v) is 4.83. The summed E-state index contributed by atoms with van der Waals surface area (Å²) < 4.78 is 5.21. The highest BCUT2D eigenvalue weighted by Gasteiger charge is 2.16. The smallest absolute Gasteiger partial charge is 0.332 e. The van der Waals surface area contributed by atoms with Crippen LogP contribution < -0.4 is 5.73 Å². The molecule has 1 aliphatic carbocycles. The number of ether oxygens (including phenoxy) is 1. The topological polar surface area (TPSA) is 52.3 Å². The molecule has 1 saturated carbocycles. The average molecular weight is 183 g/mol. The lowest BCUT2D eigenvalue weighted by atomic mass is 9.98. The molecular weight excluding hydrogens is 166 g/mol. The normalized spacial score (nSPS) is 19.9. The Morgan fingerprint density at radius 3 is 2.54 bits per heavy atom. The first kappa shape index (κ1) is 10.1. The number of nitrogens with two attached hydrogens (primary N) is 1. The molecule has 1 rings (SSSR count). The molecule has 3 heteroatoms. The van der Waals surface area contributed by atoms with Crippen LogP contribution >= 0.6 is 0 Å². The third-order valence-corrected chi connectivity index (χ3v) is 2.18. The summed E-state index contributed by atoms with van der Waals surface area (Å²) in [6, 6.07) is 0. The summed E-state index contributed by atoms with van der Waals surface area (Å²) in [5.74, 6) is -0.299. The van der Waals surface area contributed by atoms with Gasteiger partial charge in [0.15, 0.2) is 0 Å². The summed E-state index contributed by atoms with van der Waals surface area (Å²) in [5.41, 5.74) is 5.86. The third kappa shape index (κ3) is 3.97. The second kappa shape index (κ2) is 4.90. The Kier molecular flexibility index (Phi) is 3.80. The summed E-state index contributed by atoms with van der Waals surface area (Å²) in [6.45, 7) is 1.68. The average Bonchev–Trinajstić information content (AvgIpc) is 2.04. The van der Waals surface area contributed by atoms with Crippen LogP contribution in [0.4, 0.5) is 0 Å². The molecule has 13 heavy (non-hydrogen) atoms. The van der Waals surface area contributed by atoms with E-state index < -0.39 is 0 Å². The second-order valence-electron chi connectivity index (χ2n) is 3.59. The van der Waals surface area contributed by atoms with Gasteiger partial charge >= 0.3 is 5.97 Å². The molecule has 0 saturated heterocycles. The Morgan fingerprint density at radius 2 is 2.00 bits per heavy atom. The molecule has 0 heterocycles. The lowest BCUT2D eigenvalue weighted by molar-refractivity contribution is -0.144. The zero-order valence-electron chi connectivity index (χ0n) is 8.08. The zero-order chi connectivity index (χ0) is 9.68. The maximum Gasteiger partial charge on any atom is 0.332 e. The Bertz CT molecular complexity index is 201. The number of carbonyl (C=O) groups is 1. The van der Waals surface area contributed by atoms with Gasteiger partial charge in [-0.1, -0.05) is 6.42 Å². The van der Waals surface area contributed by atoms with E-state index in [9.17, 15) is 4.79 Å². The fourth-order valence-corrected chi connectivity index (χ4v) is 1.57.